The van der Waals surface area contributed by atoms with Crippen LogP contribution in [0.5, 0.6) is 11.5 Å². The van der Waals surface area contributed by atoms with Gasteiger partial charge >= 0.3 is 0 Å². The number of amides is 2. The normalized spacial score (nSPS) is 14.6. The minimum Gasteiger partial charge on any atom is -0.454 e. The van der Waals surface area contributed by atoms with Gasteiger partial charge in [0.15, 0.2) is 11.5 Å². The van der Waals surface area contributed by atoms with E-state index < -0.39 is 0 Å². The van der Waals surface area contributed by atoms with Gasteiger partial charge in [-0.2, -0.15) is 0 Å². The lowest BCUT2D eigenvalue weighted by atomic mass is 10.1. The van der Waals surface area contributed by atoms with E-state index in [1.807, 2.05) is 32.0 Å². The molecule has 7 heteroatoms. The van der Waals surface area contributed by atoms with Gasteiger partial charge in [0, 0.05) is 36.4 Å². The molecule has 0 saturated heterocycles. The standard InChI is InChI=1S/C23H27N3O4/c1-15-3-4-16(2)19(11-15)25-23(28)13-26(18-6-7-18)10-9-22(27)24-17-5-8-20-21(12-17)30-14-29-20/h3-5,8,11-12,18H,6-7,9-10,13-14H2,1-2H3,(H,24,27)(H,25,28). The van der Waals surface area contributed by atoms with Crippen LogP contribution in [0.4, 0.5) is 11.4 Å². The van der Waals surface area contributed by atoms with Crippen LogP contribution in [0.2, 0.25) is 0 Å². The van der Waals surface area contributed by atoms with Crippen LogP contribution in [0.3, 0.4) is 0 Å². The van der Waals surface area contributed by atoms with Crippen molar-refractivity contribution in [3.8, 4) is 11.5 Å². The molecule has 0 bridgehead atoms. The van der Waals surface area contributed by atoms with Crippen LogP contribution in [0.15, 0.2) is 36.4 Å². The third-order valence-electron chi connectivity index (χ3n) is 5.36. The minimum atomic E-state index is -0.0885. The summed E-state index contributed by atoms with van der Waals surface area (Å²) in [4.78, 5) is 27.1. The third kappa shape index (κ3) is 5.10. The molecule has 2 aromatic carbocycles. The Balaban J connectivity index is 1.29. The van der Waals surface area contributed by atoms with Crippen LogP contribution in [-0.2, 0) is 9.59 Å². The number of hydrogen-bond acceptors (Lipinski definition) is 5. The van der Waals surface area contributed by atoms with Gasteiger partial charge in [-0.15, -0.1) is 0 Å². The molecule has 0 unspecified atom stereocenters. The number of aryl methyl sites for hydroxylation is 2. The highest BCUT2D eigenvalue weighted by Crippen LogP contribution is 2.34. The van der Waals surface area contributed by atoms with Gasteiger partial charge in [-0.25, -0.2) is 0 Å². The number of rotatable bonds is 8. The Morgan fingerprint density at radius 1 is 1.00 bits per heavy atom. The first-order chi connectivity index (χ1) is 14.5. The zero-order valence-corrected chi connectivity index (χ0v) is 17.4. The number of nitrogens with zero attached hydrogens (tertiary/aromatic N) is 1. The topological polar surface area (TPSA) is 79.9 Å². The van der Waals surface area contributed by atoms with Gasteiger partial charge in [-0.3, -0.25) is 14.5 Å². The summed E-state index contributed by atoms with van der Waals surface area (Å²) in [6, 6.07) is 11.7. The highest BCUT2D eigenvalue weighted by Gasteiger charge is 2.30. The van der Waals surface area contributed by atoms with Crippen LogP contribution in [0, 0.1) is 13.8 Å². The summed E-state index contributed by atoms with van der Waals surface area (Å²) in [7, 11) is 0. The van der Waals surface area contributed by atoms with Gasteiger partial charge in [-0.05, 0) is 56.0 Å². The second kappa shape index (κ2) is 8.75. The van der Waals surface area contributed by atoms with Crippen LogP contribution in [0.1, 0.15) is 30.4 Å². The van der Waals surface area contributed by atoms with Gasteiger partial charge in [0.25, 0.3) is 0 Å². The summed E-state index contributed by atoms with van der Waals surface area (Å²) in [5.41, 5.74) is 3.66. The fourth-order valence-electron chi connectivity index (χ4n) is 3.52. The number of hydrogen-bond donors (Lipinski definition) is 2. The van der Waals surface area contributed by atoms with Crippen molar-refractivity contribution in [2.75, 3.05) is 30.5 Å². The molecule has 2 aliphatic rings. The van der Waals surface area contributed by atoms with Crippen LogP contribution < -0.4 is 20.1 Å². The molecule has 1 aliphatic carbocycles. The first kappa shape index (κ1) is 20.2. The van der Waals surface area contributed by atoms with E-state index in [1.54, 1.807) is 18.2 Å². The molecule has 0 spiro atoms. The monoisotopic (exact) mass is 409 g/mol. The van der Waals surface area contributed by atoms with Crippen molar-refractivity contribution in [2.45, 2.75) is 39.2 Å². The van der Waals surface area contributed by atoms with E-state index in [0.29, 0.717) is 36.2 Å². The van der Waals surface area contributed by atoms with Crippen molar-refractivity contribution >= 4 is 23.2 Å². The molecule has 1 saturated carbocycles. The highest BCUT2D eigenvalue weighted by molar-refractivity contribution is 5.93. The molecule has 30 heavy (non-hydrogen) atoms. The van der Waals surface area contributed by atoms with E-state index in [2.05, 4.69) is 15.5 Å². The van der Waals surface area contributed by atoms with Crippen molar-refractivity contribution in [1.82, 2.24) is 4.90 Å². The van der Waals surface area contributed by atoms with Crippen LogP contribution in [0.25, 0.3) is 0 Å². The summed E-state index contributed by atoms with van der Waals surface area (Å²) >= 11 is 0. The van der Waals surface area contributed by atoms with Gasteiger partial charge in [0.05, 0.1) is 6.54 Å². The predicted octanol–water partition coefficient (Wildman–Crippen LogP) is 3.46. The van der Waals surface area contributed by atoms with Crippen molar-refractivity contribution in [3.63, 3.8) is 0 Å². The first-order valence-electron chi connectivity index (χ1n) is 10.3. The summed E-state index contributed by atoms with van der Waals surface area (Å²) in [5, 5.41) is 5.90. The van der Waals surface area contributed by atoms with Gasteiger partial charge in [0.2, 0.25) is 18.6 Å². The zero-order chi connectivity index (χ0) is 21.1. The summed E-state index contributed by atoms with van der Waals surface area (Å²) in [6.07, 6.45) is 2.46. The lowest BCUT2D eigenvalue weighted by Gasteiger charge is -2.21. The molecule has 2 aromatic rings. The lowest BCUT2D eigenvalue weighted by molar-refractivity contribution is -0.119. The first-order valence-corrected chi connectivity index (χ1v) is 10.3. The quantitative estimate of drug-likeness (QED) is 0.698. The number of nitrogens with one attached hydrogen (secondary N) is 2. The molecule has 2 amide bonds. The van der Waals surface area contributed by atoms with Crippen molar-refractivity contribution in [2.24, 2.45) is 0 Å². The maximum atomic E-state index is 12.6. The molecule has 4 rings (SSSR count). The number of ether oxygens (including phenoxy) is 2. The summed E-state index contributed by atoms with van der Waals surface area (Å²) in [6.45, 7) is 5.02. The van der Waals surface area contributed by atoms with Crippen LogP contribution in [-0.4, -0.2) is 42.6 Å². The highest BCUT2D eigenvalue weighted by atomic mass is 16.7. The maximum absolute atomic E-state index is 12.6. The van der Waals surface area contributed by atoms with E-state index >= 15 is 0 Å². The van der Waals surface area contributed by atoms with Gasteiger partial charge in [-0.1, -0.05) is 12.1 Å². The Morgan fingerprint density at radius 2 is 1.80 bits per heavy atom. The number of carbonyl (C=O) groups is 2. The molecule has 0 radical (unpaired) electrons. The minimum absolute atomic E-state index is 0.0493. The molecule has 158 valence electrons. The molecule has 1 aliphatic heterocycles. The molecular formula is C23H27N3O4. The van der Waals surface area contributed by atoms with E-state index in [4.69, 9.17) is 9.47 Å². The number of fused-ring (bicyclic) bond motifs is 1. The Kier molecular flexibility index (Phi) is 5.90. The second-order valence-electron chi connectivity index (χ2n) is 7.93. The maximum Gasteiger partial charge on any atom is 0.238 e. The molecule has 1 heterocycles. The van der Waals surface area contributed by atoms with Crippen molar-refractivity contribution < 1.29 is 19.1 Å². The Bertz CT molecular complexity index is 955. The number of benzene rings is 2. The zero-order valence-electron chi connectivity index (χ0n) is 17.4. The predicted molar refractivity (Wildman–Crippen MR) is 115 cm³/mol. The fraction of sp³-hybridized carbons (Fsp3) is 0.391. The Labute approximate surface area is 176 Å². The van der Waals surface area contributed by atoms with Crippen molar-refractivity contribution in [1.29, 1.82) is 0 Å². The Morgan fingerprint density at radius 3 is 2.60 bits per heavy atom. The van der Waals surface area contributed by atoms with E-state index in [0.717, 1.165) is 29.7 Å². The lowest BCUT2D eigenvalue weighted by Crippen LogP contribution is -2.37. The van der Waals surface area contributed by atoms with E-state index in [-0.39, 0.29) is 25.2 Å². The van der Waals surface area contributed by atoms with Gasteiger partial charge < -0.3 is 20.1 Å². The molecule has 2 N–H and O–H groups in total. The largest absolute Gasteiger partial charge is 0.454 e. The smallest absolute Gasteiger partial charge is 0.238 e. The number of anilines is 2. The van der Waals surface area contributed by atoms with E-state index in [9.17, 15) is 9.59 Å². The van der Waals surface area contributed by atoms with E-state index in [1.165, 1.54) is 0 Å². The fourth-order valence-corrected chi connectivity index (χ4v) is 3.52. The SMILES string of the molecule is Cc1ccc(C)c(NC(=O)CN(CCC(=O)Nc2ccc3c(c2)OCO3)C2CC2)c1. The van der Waals surface area contributed by atoms with Gasteiger partial charge in [0.1, 0.15) is 0 Å². The molecule has 0 atom stereocenters. The third-order valence-corrected chi connectivity index (χ3v) is 5.36. The number of carbonyl (C=O) groups excluding carboxylic acids is 2. The average Bonchev–Trinajstić information content (AvgIpc) is 3.45. The van der Waals surface area contributed by atoms with Crippen LogP contribution >= 0.6 is 0 Å². The molecule has 1 fully saturated rings. The average molecular weight is 409 g/mol. The molecule has 0 aromatic heterocycles. The Hall–Kier alpha value is -3.06. The summed E-state index contributed by atoms with van der Waals surface area (Å²) < 4.78 is 10.6. The molecule has 7 nitrogen and oxygen atoms in total. The second-order valence-corrected chi connectivity index (χ2v) is 7.93. The van der Waals surface area contributed by atoms with Crippen molar-refractivity contribution in [3.05, 3.63) is 47.5 Å². The summed E-state index contributed by atoms with van der Waals surface area (Å²) in [5.74, 6) is 1.18. The molecular weight excluding hydrogens is 382 g/mol.